The number of rotatable bonds is 3. The highest BCUT2D eigenvalue weighted by Gasteiger charge is 2.15. The molecule has 4 rings (SSSR count). The Morgan fingerprint density at radius 1 is 0.893 bits per heavy atom. The van der Waals surface area contributed by atoms with Crippen LogP contribution in [0.2, 0.25) is 5.02 Å². The molecule has 0 unspecified atom stereocenters. The summed E-state index contributed by atoms with van der Waals surface area (Å²) in [6.45, 7) is 3.97. The molecule has 0 fully saturated rings. The number of benzene rings is 3. The Hall–Kier alpha value is -3.17. The number of para-hydroxylation sites is 1. The minimum atomic E-state index is -0.187. The van der Waals surface area contributed by atoms with Crippen molar-refractivity contribution in [2.45, 2.75) is 13.8 Å². The first-order valence-electron chi connectivity index (χ1n) is 9.06. The van der Waals surface area contributed by atoms with Crippen molar-refractivity contribution < 1.29 is 4.79 Å². The zero-order valence-corrected chi connectivity index (χ0v) is 16.4. The molecule has 0 aliphatic heterocycles. The third kappa shape index (κ3) is 3.49. The molecule has 138 valence electrons. The summed E-state index contributed by atoms with van der Waals surface area (Å²) in [5.41, 5.74) is 5.91. The highest BCUT2D eigenvalue weighted by Crippen LogP contribution is 2.28. The Balaban J connectivity index is 1.82. The fourth-order valence-electron chi connectivity index (χ4n) is 3.23. The van der Waals surface area contributed by atoms with Crippen LogP contribution in [0, 0.1) is 13.8 Å². The first kappa shape index (κ1) is 18.2. The van der Waals surface area contributed by atoms with Crippen LogP contribution in [0.25, 0.3) is 22.2 Å². The van der Waals surface area contributed by atoms with E-state index in [9.17, 15) is 4.79 Å². The standard InChI is InChI=1S/C24H19ClN2O/c1-15-7-3-4-8-18(15)23-14-20(19-9-5-6-10-22(19)27-23)24(28)26-17-12-11-16(2)21(25)13-17/h3-14H,1-2H3,(H,26,28). The van der Waals surface area contributed by atoms with E-state index in [1.165, 1.54) is 0 Å². The van der Waals surface area contributed by atoms with Gasteiger partial charge in [0.15, 0.2) is 0 Å². The summed E-state index contributed by atoms with van der Waals surface area (Å²) < 4.78 is 0. The smallest absolute Gasteiger partial charge is 0.256 e. The second-order valence-corrected chi connectivity index (χ2v) is 7.21. The molecule has 1 amide bonds. The van der Waals surface area contributed by atoms with Crippen molar-refractivity contribution in [1.29, 1.82) is 0 Å². The van der Waals surface area contributed by atoms with E-state index in [1.54, 1.807) is 6.07 Å². The molecule has 28 heavy (non-hydrogen) atoms. The topological polar surface area (TPSA) is 42.0 Å². The zero-order chi connectivity index (χ0) is 19.7. The van der Waals surface area contributed by atoms with Crippen LogP contribution in [0.3, 0.4) is 0 Å². The lowest BCUT2D eigenvalue weighted by atomic mass is 10.0. The third-order valence-corrected chi connectivity index (χ3v) is 5.22. The molecule has 1 N–H and O–H groups in total. The lowest BCUT2D eigenvalue weighted by molar-refractivity contribution is 0.102. The minimum Gasteiger partial charge on any atom is -0.322 e. The number of anilines is 1. The SMILES string of the molecule is Cc1ccc(NC(=O)c2cc(-c3ccccc3C)nc3ccccc23)cc1Cl. The van der Waals surface area contributed by atoms with Crippen molar-refractivity contribution in [3.63, 3.8) is 0 Å². The van der Waals surface area contributed by atoms with Crippen molar-refractivity contribution >= 4 is 34.1 Å². The number of nitrogens with one attached hydrogen (secondary N) is 1. The van der Waals surface area contributed by atoms with Crippen LogP contribution in [-0.4, -0.2) is 10.9 Å². The van der Waals surface area contributed by atoms with E-state index < -0.39 is 0 Å². The maximum Gasteiger partial charge on any atom is 0.256 e. The van der Waals surface area contributed by atoms with Crippen LogP contribution in [0.4, 0.5) is 5.69 Å². The molecule has 0 radical (unpaired) electrons. The summed E-state index contributed by atoms with van der Waals surface area (Å²) in [4.78, 5) is 17.9. The van der Waals surface area contributed by atoms with Crippen molar-refractivity contribution in [1.82, 2.24) is 4.98 Å². The van der Waals surface area contributed by atoms with E-state index in [4.69, 9.17) is 16.6 Å². The molecule has 1 aromatic heterocycles. The number of amides is 1. The first-order chi connectivity index (χ1) is 13.5. The molecule has 0 atom stereocenters. The molecule has 0 aliphatic carbocycles. The Morgan fingerprint density at radius 3 is 2.43 bits per heavy atom. The quantitative estimate of drug-likeness (QED) is 0.441. The minimum absolute atomic E-state index is 0.187. The van der Waals surface area contributed by atoms with Crippen molar-refractivity contribution in [3.8, 4) is 11.3 Å². The van der Waals surface area contributed by atoms with E-state index in [1.807, 2.05) is 80.6 Å². The van der Waals surface area contributed by atoms with Gasteiger partial charge in [0.2, 0.25) is 0 Å². The first-order valence-corrected chi connectivity index (χ1v) is 9.44. The molecule has 0 saturated carbocycles. The summed E-state index contributed by atoms with van der Waals surface area (Å²) in [5.74, 6) is -0.187. The molecular formula is C24H19ClN2O. The zero-order valence-electron chi connectivity index (χ0n) is 15.7. The maximum absolute atomic E-state index is 13.1. The lowest BCUT2D eigenvalue weighted by Gasteiger charge is -2.12. The fourth-order valence-corrected chi connectivity index (χ4v) is 3.41. The van der Waals surface area contributed by atoms with E-state index in [0.29, 0.717) is 16.3 Å². The Bertz CT molecular complexity index is 1200. The average molecular weight is 387 g/mol. The number of pyridine rings is 1. The summed E-state index contributed by atoms with van der Waals surface area (Å²) in [6.07, 6.45) is 0. The number of aryl methyl sites for hydroxylation is 2. The van der Waals surface area contributed by atoms with E-state index >= 15 is 0 Å². The van der Waals surface area contributed by atoms with Crippen LogP contribution in [0.15, 0.2) is 72.8 Å². The molecular weight excluding hydrogens is 368 g/mol. The van der Waals surface area contributed by atoms with Gasteiger partial charge in [-0.2, -0.15) is 0 Å². The van der Waals surface area contributed by atoms with Gasteiger partial charge in [0.1, 0.15) is 0 Å². The van der Waals surface area contributed by atoms with Gasteiger partial charge in [-0.25, -0.2) is 4.98 Å². The number of hydrogen-bond donors (Lipinski definition) is 1. The van der Waals surface area contributed by atoms with Gasteiger partial charge in [-0.05, 0) is 49.2 Å². The number of carbonyl (C=O) groups is 1. The second kappa shape index (κ2) is 7.45. The summed E-state index contributed by atoms with van der Waals surface area (Å²) >= 11 is 6.20. The molecule has 4 heteroatoms. The Labute approximate surface area is 169 Å². The molecule has 0 bridgehead atoms. The van der Waals surface area contributed by atoms with Gasteiger partial charge in [-0.1, -0.05) is 60.1 Å². The fraction of sp³-hybridized carbons (Fsp3) is 0.0833. The van der Waals surface area contributed by atoms with Gasteiger partial charge < -0.3 is 5.32 Å². The van der Waals surface area contributed by atoms with Gasteiger partial charge >= 0.3 is 0 Å². The highest BCUT2D eigenvalue weighted by atomic mass is 35.5. The summed E-state index contributed by atoms with van der Waals surface area (Å²) in [6, 6.07) is 23.1. The van der Waals surface area contributed by atoms with E-state index in [-0.39, 0.29) is 5.91 Å². The van der Waals surface area contributed by atoms with Crippen molar-refractivity contribution in [2.24, 2.45) is 0 Å². The largest absolute Gasteiger partial charge is 0.322 e. The van der Waals surface area contributed by atoms with Crippen LogP contribution in [-0.2, 0) is 0 Å². The monoisotopic (exact) mass is 386 g/mol. The third-order valence-electron chi connectivity index (χ3n) is 4.81. The van der Waals surface area contributed by atoms with Crippen molar-refractivity contribution in [2.75, 3.05) is 5.32 Å². The highest BCUT2D eigenvalue weighted by molar-refractivity contribution is 6.31. The van der Waals surface area contributed by atoms with Crippen molar-refractivity contribution in [3.05, 3.63) is 94.5 Å². The number of nitrogens with zero attached hydrogens (tertiary/aromatic N) is 1. The number of hydrogen-bond acceptors (Lipinski definition) is 2. The molecule has 0 spiro atoms. The summed E-state index contributed by atoms with van der Waals surface area (Å²) in [5, 5.41) is 4.40. The molecule has 3 aromatic carbocycles. The Morgan fingerprint density at radius 2 is 1.64 bits per heavy atom. The lowest BCUT2D eigenvalue weighted by Crippen LogP contribution is -2.13. The van der Waals surface area contributed by atoms with E-state index in [0.717, 1.165) is 33.3 Å². The molecule has 4 aromatic rings. The van der Waals surface area contributed by atoms with Gasteiger partial charge in [0.05, 0.1) is 16.8 Å². The van der Waals surface area contributed by atoms with Crippen LogP contribution in [0.5, 0.6) is 0 Å². The maximum atomic E-state index is 13.1. The molecule has 0 saturated heterocycles. The normalized spacial score (nSPS) is 10.8. The van der Waals surface area contributed by atoms with Gasteiger partial charge in [-0.15, -0.1) is 0 Å². The van der Waals surface area contributed by atoms with Crippen LogP contribution < -0.4 is 5.32 Å². The second-order valence-electron chi connectivity index (χ2n) is 6.81. The number of fused-ring (bicyclic) bond motifs is 1. The number of aromatic nitrogens is 1. The van der Waals surface area contributed by atoms with Crippen LogP contribution >= 0.6 is 11.6 Å². The number of carbonyl (C=O) groups excluding carboxylic acids is 1. The Kier molecular flexibility index (Phi) is 4.84. The molecule has 1 heterocycles. The predicted molar refractivity (Wildman–Crippen MR) is 116 cm³/mol. The molecule has 0 aliphatic rings. The summed E-state index contributed by atoms with van der Waals surface area (Å²) in [7, 11) is 0. The van der Waals surface area contributed by atoms with Gasteiger partial charge in [0.25, 0.3) is 5.91 Å². The van der Waals surface area contributed by atoms with E-state index in [2.05, 4.69) is 5.32 Å². The van der Waals surface area contributed by atoms with Crippen LogP contribution in [0.1, 0.15) is 21.5 Å². The average Bonchev–Trinajstić information content (AvgIpc) is 2.70. The number of halogens is 1. The van der Waals surface area contributed by atoms with Gasteiger partial charge in [0, 0.05) is 21.7 Å². The predicted octanol–water partition coefficient (Wildman–Crippen LogP) is 6.42. The molecule has 3 nitrogen and oxygen atoms in total. The van der Waals surface area contributed by atoms with Gasteiger partial charge in [-0.3, -0.25) is 4.79 Å².